The van der Waals surface area contributed by atoms with Crippen molar-refractivity contribution >= 4 is 22.8 Å². The van der Waals surface area contributed by atoms with Crippen molar-refractivity contribution in [2.24, 2.45) is 9.98 Å². The van der Waals surface area contributed by atoms with Gasteiger partial charge in [-0.05, 0) is 79.7 Å². The fourth-order valence-corrected chi connectivity index (χ4v) is 7.10. The first-order valence-electron chi connectivity index (χ1n) is 15.7. The van der Waals surface area contributed by atoms with E-state index < -0.39 is 0 Å². The van der Waals surface area contributed by atoms with Gasteiger partial charge in [0.25, 0.3) is 0 Å². The van der Waals surface area contributed by atoms with Crippen molar-refractivity contribution in [2.45, 2.75) is 107 Å². The van der Waals surface area contributed by atoms with Crippen molar-refractivity contribution in [1.29, 1.82) is 0 Å². The maximum atomic E-state index is 5.28. The van der Waals surface area contributed by atoms with Crippen LogP contribution in [0.15, 0.2) is 102 Å². The fourth-order valence-electron chi connectivity index (χ4n) is 7.10. The first-order chi connectivity index (χ1) is 19.5. The van der Waals surface area contributed by atoms with Crippen LogP contribution in [0.1, 0.15) is 107 Å². The second kappa shape index (κ2) is 11.6. The Morgan fingerprint density at radius 1 is 0.400 bits per heavy atom. The Bertz CT molecular complexity index is 1280. The summed E-state index contributed by atoms with van der Waals surface area (Å²) in [7, 11) is 0. The average Bonchev–Trinajstić information content (AvgIpc) is 3.67. The van der Waals surface area contributed by atoms with Gasteiger partial charge in [-0.3, -0.25) is 0 Å². The molecule has 0 fully saturated rings. The van der Waals surface area contributed by atoms with Crippen LogP contribution in [0, 0.1) is 0 Å². The van der Waals surface area contributed by atoms with Crippen LogP contribution in [-0.2, 0) is 0 Å². The van der Waals surface area contributed by atoms with Gasteiger partial charge in [-0.25, -0.2) is 20.0 Å². The molecule has 4 nitrogen and oxygen atoms in total. The third-order valence-corrected chi connectivity index (χ3v) is 8.97. The molecule has 5 heterocycles. The normalized spacial score (nSPS) is 20.6. The summed E-state index contributed by atoms with van der Waals surface area (Å²) in [5.74, 6) is 0. The fraction of sp³-hybridized carbons (Fsp3) is 0.444. The average molecular weight is 535 g/mol. The highest BCUT2D eigenvalue weighted by Gasteiger charge is 2.34. The first kappa shape index (κ1) is 28.1. The SMILES string of the molecule is CCC1=C(CC)C2=NC1=CC1=[NH+]C(=CC3=[NH+]C(=CC4=NC(=C2)C(CC)=C4CC)C(CC)=C3CC)C(CC)=C1CC. The minimum atomic E-state index is 0.965. The topological polar surface area (TPSA) is 52.7 Å². The quantitative estimate of drug-likeness (QED) is 0.385. The molecule has 5 aliphatic rings. The lowest BCUT2D eigenvalue weighted by Crippen LogP contribution is -2.71. The lowest BCUT2D eigenvalue weighted by atomic mass is 9.94. The molecule has 0 aliphatic carbocycles. The van der Waals surface area contributed by atoms with Crippen molar-refractivity contribution < 1.29 is 9.98 Å². The van der Waals surface area contributed by atoms with Crippen LogP contribution < -0.4 is 9.98 Å². The molecule has 40 heavy (non-hydrogen) atoms. The molecule has 208 valence electrons. The van der Waals surface area contributed by atoms with Gasteiger partial charge in [0.15, 0.2) is 0 Å². The van der Waals surface area contributed by atoms with Gasteiger partial charge in [0.05, 0.1) is 28.9 Å². The second-order valence-corrected chi connectivity index (χ2v) is 10.9. The summed E-state index contributed by atoms with van der Waals surface area (Å²) < 4.78 is 0. The zero-order valence-corrected chi connectivity index (χ0v) is 25.9. The van der Waals surface area contributed by atoms with Crippen LogP contribution in [-0.4, -0.2) is 22.8 Å². The van der Waals surface area contributed by atoms with Crippen molar-refractivity contribution in [3.8, 4) is 0 Å². The predicted molar refractivity (Wildman–Crippen MR) is 170 cm³/mol. The number of hydrogen-bond acceptors (Lipinski definition) is 2. The Morgan fingerprint density at radius 3 is 1.23 bits per heavy atom. The molecule has 0 spiro atoms. The van der Waals surface area contributed by atoms with E-state index in [9.17, 15) is 0 Å². The molecule has 0 saturated heterocycles. The lowest BCUT2D eigenvalue weighted by Gasteiger charge is -2.06. The van der Waals surface area contributed by atoms with Crippen LogP contribution in [0.4, 0.5) is 0 Å². The Hall–Kier alpha value is -3.40. The van der Waals surface area contributed by atoms with Crippen molar-refractivity contribution in [3.63, 3.8) is 0 Å². The number of allylic oxidation sites excluding steroid dienone is 12. The van der Waals surface area contributed by atoms with Gasteiger partial charge in [0, 0.05) is 34.4 Å². The van der Waals surface area contributed by atoms with Crippen molar-refractivity contribution in [3.05, 3.63) is 91.7 Å². The Balaban J connectivity index is 1.85. The molecule has 0 aromatic rings. The monoisotopic (exact) mass is 534 g/mol. The highest BCUT2D eigenvalue weighted by atomic mass is 14.9. The van der Waals surface area contributed by atoms with Gasteiger partial charge >= 0.3 is 0 Å². The third kappa shape index (κ3) is 4.56. The number of nitrogens with zero attached hydrogens (tertiary/aromatic N) is 2. The van der Waals surface area contributed by atoms with E-state index >= 15 is 0 Å². The van der Waals surface area contributed by atoms with E-state index in [0.29, 0.717) is 0 Å². The maximum Gasteiger partial charge on any atom is 0.214 e. The minimum absolute atomic E-state index is 0.965. The van der Waals surface area contributed by atoms with E-state index in [-0.39, 0.29) is 0 Å². The molecule has 0 aromatic carbocycles. The van der Waals surface area contributed by atoms with Crippen LogP contribution in [0.2, 0.25) is 0 Å². The number of fused-ring (bicyclic) bond motifs is 4. The van der Waals surface area contributed by atoms with Crippen molar-refractivity contribution in [1.82, 2.24) is 0 Å². The predicted octanol–water partition coefficient (Wildman–Crippen LogP) is 5.98. The molecule has 2 N–H and O–H groups in total. The zero-order chi connectivity index (χ0) is 28.6. The van der Waals surface area contributed by atoms with Crippen LogP contribution in [0.5, 0.6) is 0 Å². The molecule has 5 rings (SSSR count). The summed E-state index contributed by atoms with van der Waals surface area (Å²) in [4.78, 5) is 18.2. The highest BCUT2D eigenvalue weighted by Crippen LogP contribution is 2.36. The standard InChI is InChI=1S/C36H44N4/c1-9-21-22(10-2)30-18-32-25(13-5)26(14-6)34(39-32)20-36-28(16-8)27(15-7)35(40-36)19-33-24(12-4)23(11-3)31(38-33)17-29(21)37-30/h17-20H,9-16H2,1-8H3/p+2. The number of nitrogens with one attached hydrogen (secondary N) is 2. The maximum absolute atomic E-state index is 5.28. The van der Waals surface area contributed by atoms with E-state index in [1.54, 1.807) is 0 Å². The number of aliphatic imine (C=N–C) groups is 2. The number of rotatable bonds is 8. The molecule has 5 aliphatic heterocycles. The molecule has 0 unspecified atom stereocenters. The van der Waals surface area contributed by atoms with Crippen molar-refractivity contribution in [2.75, 3.05) is 0 Å². The van der Waals surface area contributed by atoms with Gasteiger partial charge < -0.3 is 0 Å². The van der Waals surface area contributed by atoms with Crippen LogP contribution >= 0.6 is 0 Å². The summed E-state index contributed by atoms with van der Waals surface area (Å²) in [6.07, 6.45) is 17.1. The molecule has 0 radical (unpaired) electrons. The molecule has 0 aromatic heterocycles. The Kier molecular flexibility index (Phi) is 8.16. The highest BCUT2D eigenvalue weighted by molar-refractivity contribution is 6.18. The Morgan fingerprint density at radius 2 is 0.775 bits per heavy atom. The van der Waals surface area contributed by atoms with Crippen LogP contribution in [0.25, 0.3) is 0 Å². The zero-order valence-electron chi connectivity index (χ0n) is 25.9. The largest absolute Gasteiger partial charge is 0.248 e. The van der Waals surface area contributed by atoms with E-state index in [1.165, 1.54) is 67.4 Å². The summed E-state index contributed by atoms with van der Waals surface area (Å²) in [6, 6.07) is 0. The summed E-state index contributed by atoms with van der Waals surface area (Å²) in [5.41, 5.74) is 20.2. The molecular formula is C36H46N4+2. The molecule has 0 amide bonds. The molecule has 8 bridgehead atoms. The Labute approximate surface area is 241 Å². The lowest BCUT2D eigenvalue weighted by molar-refractivity contribution is -0.393. The summed E-state index contributed by atoms with van der Waals surface area (Å²) in [6.45, 7) is 18.1. The van der Waals surface area contributed by atoms with E-state index in [4.69, 9.17) is 9.98 Å². The third-order valence-electron chi connectivity index (χ3n) is 8.97. The minimum Gasteiger partial charge on any atom is -0.248 e. The molecular weight excluding hydrogens is 488 g/mol. The second-order valence-electron chi connectivity index (χ2n) is 10.9. The van der Waals surface area contributed by atoms with E-state index in [2.05, 4.69) is 89.7 Å². The smallest absolute Gasteiger partial charge is 0.214 e. The number of hydrogen-bond donors (Lipinski definition) is 2. The molecule has 0 atom stereocenters. The molecule has 0 saturated carbocycles. The van der Waals surface area contributed by atoms with E-state index in [0.717, 1.165) is 74.2 Å². The molecule has 4 heteroatoms. The van der Waals surface area contributed by atoms with E-state index in [1.807, 2.05) is 0 Å². The van der Waals surface area contributed by atoms with Crippen LogP contribution in [0.3, 0.4) is 0 Å². The summed E-state index contributed by atoms with van der Waals surface area (Å²) in [5, 5.41) is 0. The summed E-state index contributed by atoms with van der Waals surface area (Å²) >= 11 is 0. The van der Waals surface area contributed by atoms with Gasteiger partial charge in [-0.2, -0.15) is 0 Å². The first-order valence-corrected chi connectivity index (χ1v) is 15.7. The van der Waals surface area contributed by atoms with Gasteiger partial charge in [-0.1, -0.05) is 55.4 Å². The van der Waals surface area contributed by atoms with Gasteiger partial charge in [-0.15, -0.1) is 0 Å². The van der Waals surface area contributed by atoms with Gasteiger partial charge in [0.2, 0.25) is 22.8 Å². The van der Waals surface area contributed by atoms with Gasteiger partial charge in [0.1, 0.15) is 0 Å².